The highest BCUT2D eigenvalue weighted by atomic mass is 16.2. The van der Waals surface area contributed by atoms with Crippen LogP contribution < -0.4 is 11.3 Å². The van der Waals surface area contributed by atoms with Gasteiger partial charge in [0, 0.05) is 16.3 Å². The molecular weight excluding hydrogens is 226 g/mol. The van der Waals surface area contributed by atoms with Crippen LogP contribution in [0.2, 0.25) is 0 Å². The molecule has 0 unspecified atom stereocenters. The van der Waals surface area contributed by atoms with Crippen molar-refractivity contribution >= 4 is 27.7 Å². The first-order valence-corrected chi connectivity index (χ1v) is 5.77. The standard InChI is InChI=1S/C14H13N3O/c15-17-13(18)8-9-4-3-6-11-10-5-1-2-7-12(10)16-14(9)11/h1-7,16H,8,15H2,(H,17,18). The molecule has 1 aromatic heterocycles. The molecule has 18 heavy (non-hydrogen) atoms. The zero-order valence-corrected chi connectivity index (χ0v) is 9.73. The van der Waals surface area contributed by atoms with Crippen molar-refractivity contribution < 1.29 is 4.79 Å². The van der Waals surface area contributed by atoms with E-state index in [1.165, 1.54) is 5.39 Å². The number of amides is 1. The van der Waals surface area contributed by atoms with Gasteiger partial charge in [-0.2, -0.15) is 0 Å². The molecule has 4 heteroatoms. The number of H-pyrrole nitrogens is 1. The smallest absolute Gasteiger partial charge is 0.238 e. The maximum Gasteiger partial charge on any atom is 0.238 e. The first-order valence-electron chi connectivity index (χ1n) is 5.77. The summed E-state index contributed by atoms with van der Waals surface area (Å²) in [5.41, 5.74) is 5.19. The molecule has 3 aromatic rings. The number of carbonyl (C=O) groups is 1. The normalized spacial score (nSPS) is 10.9. The fourth-order valence-electron chi connectivity index (χ4n) is 2.31. The van der Waals surface area contributed by atoms with E-state index in [1.807, 2.05) is 30.3 Å². The molecule has 0 aliphatic rings. The van der Waals surface area contributed by atoms with Gasteiger partial charge in [0.15, 0.2) is 0 Å². The maximum absolute atomic E-state index is 11.4. The zero-order valence-electron chi connectivity index (χ0n) is 9.73. The van der Waals surface area contributed by atoms with Crippen molar-refractivity contribution in [2.24, 2.45) is 5.84 Å². The van der Waals surface area contributed by atoms with Crippen molar-refractivity contribution in [3.8, 4) is 0 Å². The average Bonchev–Trinajstić information content (AvgIpc) is 2.78. The first-order chi connectivity index (χ1) is 8.79. The summed E-state index contributed by atoms with van der Waals surface area (Å²) in [5, 5.41) is 2.30. The number of rotatable bonds is 2. The van der Waals surface area contributed by atoms with Crippen molar-refractivity contribution in [1.82, 2.24) is 10.4 Å². The van der Waals surface area contributed by atoms with Crippen LogP contribution in [0.15, 0.2) is 42.5 Å². The van der Waals surface area contributed by atoms with Gasteiger partial charge in [-0.15, -0.1) is 0 Å². The first kappa shape index (κ1) is 10.8. The highest BCUT2D eigenvalue weighted by molar-refractivity contribution is 6.08. The van der Waals surface area contributed by atoms with Gasteiger partial charge in [-0.3, -0.25) is 10.2 Å². The topological polar surface area (TPSA) is 70.9 Å². The fraction of sp³-hybridized carbons (Fsp3) is 0.0714. The van der Waals surface area contributed by atoms with E-state index < -0.39 is 0 Å². The second-order valence-electron chi connectivity index (χ2n) is 4.25. The summed E-state index contributed by atoms with van der Waals surface area (Å²) < 4.78 is 0. The van der Waals surface area contributed by atoms with Crippen molar-refractivity contribution in [2.45, 2.75) is 6.42 Å². The average molecular weight is 239 g/mol. The molecule has 2 aromatic carbocycles. The lowest BCUT2D eigenvalue weighted by Crippen LogP contribution is -2.31. The maximum atomic E-state index is 11.4. The molecule has 0 atom stereocenters. The lowest BCUT2D eigenvalue weighted by molar-refractivity contribution is -0.120. The second-order valence-corrected chi connectivity index (χ2v) is 4.25. The van der Waals surface area contributed by atoms with Crippen LogP contribution in [0.25, 0.3) is 21.8 Å². The lowest BCUT2D eigenvalue weighted by atomic mass is 10.1. The third kappa shape index (κ3) is 1.63. The minimum absolute atomic E-state index is 0.193. The third-order valence-electron chi connectivity index (χ3n) is 3.14. The van der Waals surface area contributed by atoms with Gasteiger partial charge in [0.25, 0.3) is 0 Å². The van der Waals surface area contributed by atoms with Gasteiger partial charge >= 0.3 is 0 Å². The largest absolute Gasteiger partial charge is 0.354 e. The summed E-state index contributed by atoms with van der Waals surface area (Å²) in [5.74, 6) is 4.94. The number of hydrogen-bond donors (Lipinski definition) is 3. The van der Waals surface area contributed by atoms with Crippen LogP contribution in [-0.2, 0) is 11.2 Å². The number of benzene rings is 2. The van der Waals surface area contributed by atoms with E-state index in [-0.39, 0.29) is 12.3 Å². The van der Waals surface area contributed by atoms with Gasteiger partial charge < -0.3 is 4.98 Å². The Labute approximate surface area is 104 Å². The molecule has 0 saturated heterocycles. The Morgan fingerprint density at radius 3 is 2.72 bits per heavy atom. The quantitative estimate of drug-likeness (QED) is 0.363. The van der Waals surface area contributed by atoms with Crippen LogP contribution in [0.4, 0.5) is 0 Å². The summed E-state index contributed by atoms with van der Waals surface area (Å²) in [6.07, 6.45) is 0.278. The van der Waals surface area contributed by atoms with Crippen molar-refractivity contribution in [3.63, 3.8) is 0 Å². The summed E-state index contributed by atoms with van der Waals surface area (Å²) >= 11 is 0. The van der Waals surface area contributed by atoms with E-state index in [0.29, 0.717) is 0 Å². The predicted octanol–water partition coefficient (Wildman–Crippen LogP) is 1.85. The Morgan fingerprint density at radius 1 is 1.11 bits per heavy atom. The Morgan fingerprint density at radius 2 is 1.89 bits per heavy atom. The highest BCUT2D eigenvalue weighted by Crippen LogP contribution is 2.27. The number of nitrogens with one attached hydrogen (secondary N) is 2. The van der Waals surface area contributed by atoms with Crippen LogP contribution in [0.3, 0.4) is 0 Å². The molecule has 0 spiro atoms. The van der Waals surface area contributed by atoms with Gasteiger partial charge in [0.1, 0.15) is 0 Å². The molecule has 0 saturated carbocycles. The molecule has 0 bridgehead atoms. The molecule has 0 aliphatic heterocycles. The van der Waals surface area contributed by atoms with E-state index in [0.717, 1.165) is 22.0 Å². The molecule has 90 valence electrons. The second kappa shape index (κ2) is 4.16. The van der Waals surface area contributed by atoms with E-state index in [9.17, 15) is 4.79 Å². The number of hydrogen-bond acceptors (Lipinski definition) is 2. The molecule has 3 rings (SSSR count). The molecule has 0 radical (unpaired) electrons. The third-order valence-corrected chi connectivity index (χ3v) is 3.14. The van der Waals surface area contributed by atoms with E-state index >= 15 is 0 Å². The summed E-state index contributed by atoms with van der Waals surface area (Å²) in [7, 11) is 0. The number of para-hydroxylation sites is 2. The van der Waals surface area contributed by atoms with Crippen LogP contribution >= 0.6 is 0 Å². The number of aromatic nitrogens is 1. The molecule has 1 amide bonds. The molecule has 0 fully saturated rings. The van der Waals surface area contributed by atoms with Gasteiger partial charge in [0.05, 0.1) is 11.9 Å². The van der Waals surface area contributed by atoms with Crippen LogP contribution in [-0.4, -0.2) is 10.9 Å². The van der Waals surface area contributed by atoms with Crippen molar-refractivity contribution in [2.75, 3.05) is 0 Å². The van der Waals surface area contributed by atoms with Gasteiger partial charge in [-0.1, -0.05) is 36.4 Å². The molecular formula is C14H13N3O. The molecule has 4 nitrogen and oxygen atoms in total. The lowest BCUT2D eigenvalue weighted by Gasteiger charge is -2.02. The SMILES string of the molecule is NNC(=O)Cc1cccc2c1[nH]c1ccccc12. The molecule has 4 N–H and O–H groups in total. The number of fused-ring (bicyclic) bond motifs is 3. The summed E-state index contributed by atoms with van der Waals surface area (Å²) in [4.78, 5) is 14.7. The minimum atomic E-state index is -0.193. The summed E-state index contributed by atoms with van der Waals surface area (Å²) in [6.45, 7) is 0. The number of nitrogens with two attached hydrogens (primary N) is 1. The number of carbonyl (C=O) groups excluding carboxylic acids is 1. The zero-order chi connectivity index (χ0) is 12.5. The fourth-order valence-corrected chi connectivity index (χ4v) is 2.31. The minimum Gasteiger partial charge on any atom is -0.354 e. The Bertz CT molecular complexity index is 730. The molecule has 0 aliphatic carbocycles. The van der Waals surface area contributed by atoms with Gasteiger partial charge in [-0.05, 0) is 11.6 Å². The van der Waals surface area contributed by atoms with Crippen LogP contribution in [0, 0.1) is 0 Å². The van der Waals surface area contributed by atoms with E-state index in [4.69, 9.17) is 5.84 Å². The monoisotopic (exact) mass is 239 g/mol. The van der Waals surface area contributed by atoms with Crippen LogP contribution in [0.5, 0.6) is 0 Å². The number of aromatic amines is 1. The Kier molecular flexibility index (Phi) is 2.50. The van der Waals surface area contributed by atoms with Crippen molar-refractivity contribution in [3.05, 3.63) is 48.0 Å². The predicted molar refractivity (Wildman–Crippen MR) is 71.8 cm³/mol. The Balaban J connectivity index is 2.24. The van der Waals surface area contributed by atoms with Gasteiger partial charge in [-0.25, -0.2) is 5.84 Å². The van der Waals surface area contributed by atoms with Gasteiger partial charge in [0.2, 0.25) is 5.91 Å². The number of hydrazine groups is 1. The Hall–Kier alpha value is -2.33. The highest BCUT2D eigenvalue weighted by Gasteiger charge is 2.09. The van der Waals surface area contributed by atoms with E-state index in [2.05, 4.69) is 22.5 Å². The van der Waals surface area contributed by atoms with Crippen molar-refractivity contribution in [1.29, 1.82) is 0 Å². The summed E-state index contributed by atoms with van der Waals surface area (Å²) in [6, 6.07) is 14.1. The van der Waals surface area contributed by atoms with Crippen LogP contribution in [0.1, 0.15) is 5.56 Å². The molecule has 1 heterocycles. The van der Waals surface area contributed by atoms with E-state index in [1.54, 1.807) is 0 Å².